The zero-order valence-electron chi connectivity index (χ0n) is 13.2. The molecule has 1 aromatic heterocycles. The number of ether oxygens (including phenoxy) is 4. The Labute approximate surface area is 136 Å². The largest absolute Gasteiger partial charge is 0.479 e. The van der Waals surface area contributed by atoms with E-state index in [1.807, 2.05) is 0 Å². The molecule has 2 heterocycles. The second-order valence-electron chi connectivity index (χ2n) is 4.87. The van der Waals surface area contributed by atoms with E-state index in [1.54, 1.807) is 0 Å². The van der Waals surface area contributed by atoms with Crippen LogP contribution in [0.1, 0.15) is 26.6 Å². The summed E-state index contributed by atoms with van der Waals surface area (Å²) < 4.78 is 20.9. The maximum Gasteiger partial charge on any atom is 0.303 e. The summed E-state index contributed by atoms with van der Waals surface area (Å²) in [6.45, 7) is 3.42. The highest BCUT2D eigenvalue weighted by atomic mass is 16.6. The summed E-state index contributed by atoms with van der Waals surface area (Å²) in [4.78, 5) is 33.8. The predicted molar refractivity (Wildman–Crippen MR) is 74.8 cm³/mol. The van der Waals surface area contributed by atoms with Gasteiger partial charge in [-0.15, -0.1) is 10.2 Å². The molecule has 1 aliphatic heterocycles. The Balaban J connectivity index is 2.32. The van der Waals surface area contributed by atoms with Crippen molar-refractivity contribution in [1.82, 2.24) is 20.6 Å². The SMILES string of the molecule is CC(=O)OC[C@H]1OC(c2nn[nH]n2)=C[C@@H](OC(C)=O)[C@H]1OC(C)=O. The van der Waals surface area contributed by atoms with Crippen molar-refractivity contribution in [2.24, 2.45) is 0 Å². The molecule has 0 aromatic carbocycles. The molecule has 0 aliphatic carbocycles. The summed E-state index contributed by atoms with van der Waals surface area (Å²) in [7, 11) is 0. The number of hydrogen-bond acceptors (Lipinski definition) is 10. The van der Waals surface area contributed by atoms with Crippen LogP contribution < -0.4 is 0 Å². The van der Waals surface area contributed by atoms with Crippen molar-refractivity contribution >= 4 is 23.7 Å². The van der Waals surface area contributed by atoms with Crippen molar-refractivity contribution in [1.29, 1.82) is 0 Å². The van der Waals surface area contributed by atoms with Crippen molar-refractivity contribution in [2.75, 3.05) is 6.61 Å². The fourth-order valence-electron chi connectivity index (χ4n) is 2.07. The van der Waals surface area contributed by atoms with E-state index in [4.69, 9.17) is 18.9 Å². The second-order valence-corrected chi connectivity index (χ2v) is 4.87. The Kier molecular flexibility index (Phi) is 5.45. The van der Waals surface area contributed by atoms with Gasteiger partial charge in [-0.25, -0.2) is 0 Å². The molecule has 0 amide bonds. The van der Waals surface area contributed by atoms with Crippen molar-refractivity contribution in [2.45, 2.75) is 39.1 Å². The molecule has 0 unspecified atom stereocenters. The minimum Gasteiger partial charge on any atom is -0.479 e. The molecule has 1 N–H and O–H groups in total. The minimum absolute atomic E-state index is 0.112. The molecule has 1 aliphatic rings. The lowest BCUT2D eigenvalue weighted by atomic mass is 10.0. The van der Waals surface area contributed by atoms with Crippen LogP contribution in [-0.2, 0) is 33.3 Å². The van der Waals surface area contributed by atoms with Gasteiger partial charge < -0.3 is 18.9 Å². The van der Waals surface area contributed by atoms with Crippen LogP contribution in [-0.4, -0.2) is 63.5 Å². The van der Waals surface area contributed by atoms with E-state index >= 15 is 0 Å². The van der Waals surface area contributed by atoms with Gasteiger partial charge in [0.15, 0.2) is 24.1 Å². The van der Waals surface area contributed by atoms with E-state index < -0.39 is 36.2 Å². The van der Waals surface area contributed by atoms with Gasteiger partial charge in [0, 0.05) is 26.8 Å². The van der Waals surface area contributed by atoms with Crippen LogP contribution in [0.2, 0.25) is 0 Å². The summed E-state index contributed by atoms with van der Waals surface area (Å²) >= 11 is 0. The maximum absolute atomic E-state index is 11.4. The molecule has 11 nitrogen and oxygen atoms in total. The number of carbonyl (C=O) groups excluding carboxylic acids is 3. The molecule has 1 aromatic rings. The van der Waals surface area contributed by atoms with Crippen molar-refractivity contribution in [3.8, 4) is 0 Å². The number of tetrazole rings is 1. The van der Waals surface area contributed by atoms with Gasteiger partial charge in [0.05, 0.1) is 0 Å². The third-order valence-corrected chi connectivity index (χ3v) is 2.90. The number of nitrogens with zero attached hydrogens (tertiary/aromatic N) is 3. The Morgan fingerprint density at radius 1 is 1.17 bits per heavy atom. The maximum atomic E-state index is 11.4. The monoisotopic (exact) mass is 340 g/mol. The third kappa shape index (κ3) is 4.51. The Bertz CT molecular complexity index is 643. The molecule has 0 fully saturated rings. The molecule has 2 rings (SSSR count). The number of hydrogen-bond donors (Lipinski definition) is 1. The van der Waals surface area contributed by atoms with Gasteiger partial charge in [-0.2, -0.15) is 5.21 Å². The highest BCUT2D eigenvalue weighted by Gasteiger charge is 2.41. The van der Waals surface area contributed by atoms with Crippen molar-refractivity contribution in [3.05, 3.63) is 11.9 Å². The molecular formula is C13H16N4O7. The molecular weight excluding hydrogens is 324 g/mol. The van der Waals surface area contributed by atoms with Gasteiger partial charge in [-0.3, -0.25) is 14.4 Å². The van der Waals surface area contributed by atoms with Gasteiger partial charge in [0.2, 0.25) is 5.82 Å². The molecule has 11 heteroatoms. The first-order valence-corrected chi connectivity index (χ1v) is 6.97. The molecule has 0 radical (unpaired) electrons. The zero-order valence-corrected chi connectivity index (χ0v) is 13.2. The number of aromatic nitrogens is 4. The van der Waals surface area contributed by atoms with Crippen molar-refractivity contribution in [3.63, 3.8) is 0 Å². The number of rotatable bonds is 5. The molecule has 24 heavy (non-hydrogen) atoms. The lowest BCUT2D eigenvalue weighted by Crippen LogP contribution is -2.48. The van der Waals surface area contributed by atoms with Crippen LogP contribution in [0.3, 0.4) is 0 Å². The number of esters is 3. The predicted octanol–water partition coefficient (Wildman–Crippen LogP) is -0.634. The van der Waals surface area contributed by atoms with Gasteiger partial charge in [-0.1, -0.05) is 0 Å². The standard InChI is InChI=1S/C13H16N4O7/c1-6(18)21-5-11-12(23-8(3)20)9(22-7(2)19)4-10(24-11)13-14-16-17-15-13/h4,9,11-12H,5H2,1-3H3,(H,14,15,16,17)/t9-,11-,12-/m1/s1. The number of nitrogens with one attached hydrogen (secondary N) is 1. The fraction of sp³-hybridized carbons (Fsp3) is 0.538. The van der Waals surface area contributed by atoms with E-state index in [-0.39, 0.29) is 18.2 Å². The molecule has 3 atom stereocenters. The zero-order chi connectivity index (χ0) is 17.7. The van der Waals surface area contributed by atoms with Crippen LogP contribution in [0.4, 0.5) is 0 Å². The van der Waals surface area contributed by atoms with Crippen LogP contribution in [0.5, 0.6) is 0 Å². The van der Waals surface area contributed by atoms with Crippen LogP contribution >= 0.6 is 0 Å². The summed E-state index contributed by atoms with van der Waals surface area (Å²) in [5, 5.41) is 13.2. The highest BCUT2D eigenvalue weighted by molar-refractivity contribution is 5.69. The Morgan fingerprint density at radius 2 is 1.88 bits per heavy atom. The van der Waals surface area contributed by atoms with E-state index in [1.165, 1.54) is 26.8 Å². The average Bonchev–Trinajstić information content (AvgIpc) is 3.00. The van der Waals surface area contributed by atoms with Crippen LogP contribution in [0.25, 0.3) is 5.76 Å². The minimum atomic E-state index is -0.999. The van der Waals surface area contributed by atoms with E-state index in [2.05, 4.69) is 20.6 Å². The van der Waals surface area contributed by atoms with Gasteiger partial charge in [0.1, 0.15) is 6.61 Å². The quantitative estimate of drug-likeness (QED) is 0.543. The first-order chi connectivity index (χ1) is 11.4. The summed E-state index contributed by atoms with van der Waals surface area (Å²) in [6, 6.07) is 0. The van der Waals surface area contributed by atoms with Crippen molar-refractivity contribution < 1.29 is 33.3 Å². The van der Waals surface area contributed by atoms with E-state index in [0.29, 0.717) is 0 Å². The lowest BCUT2D eigenvalue weighted by Gasteiger charge is -2.34. The van der Waals surface area contributed by atoms with Crippen LogP contribution in [0.15, 0.2) is 6.08 Å². The number of H-pyrrole nitrogens is 1. The third-order valence-electron chi connectivity index (χ3n) is 2.90. The summed E-state index contributed by atoms with van der Waals surface area (Å²) in [5.41, 5.74) is 0. The van der Waals surface area contributed by atoms with Gasteiger partial charge in [0.25, 0.3) is 0 Å². The topological polar surface area (TPSA) is 143 Å². The normalized spacial score (nSPS) is 22.8. The van der Waals surface area contributed by atoms with E-state index in [0.717, 1.165) is 0 Å². The fourth-order valence-corrected chi connectivity index (χ4v) is 2.07. The molecule has 0 bridgehead atoms. The Morgan fingerprint density at radius 3 is 2.42 bits per heavy atom. The molecule has 0 spiro atoms. The molecule has 0 saturated heterocycles. The molecule has 0 saturated carbocycles. The average molecular weight is 340 g/mol. The summed E-state index contributed by atoms with van der Waals surface area (Å²) in [5.74, 6) is -1.48. The Hall–Kier alpha value is -2.98. The first-order valence-electron chi connectivity index (χ1n) is 6.97. The number of carbonyl (C=O) groups is 3. The molecule has 130 valence electrons. The highest BCUT2D eigenvalue weighted by Crippen LogP contribution is 2.28. The van der Waals surface area contributed by atoms with Gasteiger partial charge in [-0.05, 0) is 5.21 Å². The smallest absolute Gasteiger partial charge is 0.303 e. The summed E-state index contributed by atoms with van der Waals surface area (Å²) in [6.07, 6.45) is -1.49. The lowest BCUT2D eigenvalue weighted by molar-refractivity contribution is -0.177. The van der Waals surface area contributed by atoms with E-state index in [9.17, 15) is 14.4 Å². The second kappa shape index (κ2) is 7.53. The number of aromatic amines is 1. The van der Waals surface area contributed by atoms with Gasteiger partial charge >= 0.3 is 17.9 Å². The first kappa shape index (κ1) is 17.4. The van der Waals surface area contributed by atoms with Crippen LogP contribution in [0, 0.1) is 0 Å².